The van der Waals surface area contributed by atoms with Crippen LogP contribution in [0.25, 0.3) is 0 Å². The van der Waals surface area contributed by atoms with Crippen LogP contribution < -0.4 is 28.2 Å². The fourth-order valence-electron chi connectivity index (χ4n) is 3.64. The Hall–Kier alpha value is -3.60. The van der Waals surface area contributed by atoms with Crippen molar-refractivity contribution in [2.24, 2.45) is 0 Å². The lowest BCUT2D eigenvalue weighted by molar-refractivity contribution is 0.101. The van der Waals surface area contributed by atoms with Crippen LogP contribution in [-0.2, 0) is 14.2 Å². The number of hydrogen-bond donors (Lipinski definition) is 0. The molecule has 0 aliphatic heterocycles. The van der Waals surface area contributed by atoms with E-state index in [4.69, 9.17) is 42.4 Å². The monoisotopic (exact) mass is 596 g/mol. The minimum Gasteiger partial charge on any atom is -0.491 e. The summed E-state index contributed by atoms with van der Waals surface area (Å²) in [6.45, 7) is 11.5. The predicted octanol–water partition coefficient (Wildman–Crippen LogP) is 6.62. The third kappa shape index (κ3) is 14.4. The smallest absolute Gasteiger partial charge is 0.491 e. The van der Waals surface area contributed by atoms with Crippen LogP contribution >= 0.6 is 0 Å². The van der Waals surface area contributed by atoms with Crippen molar-refractivity contribution in [3.05, 3.63) is 72.8 Å². The molecular formula is C33H45BO9. The molecule has 0 amide bonds. The molecule has 9 nitrogen and oxygen atoms in total. The first-order valence-corrected chi connectivity index (χ1v) is 15.1. The van der Waals surface area contributed by atoms with E-state index in [9.17, 15) is 0 Å². The molecule has 0 saturated carbocycles. The van der Waals surface area contributed by atoms with E-state index in [1.165, 1.54) is 0 Å². The predicted molar refractivity (Wildman–Crippen MR) is 167 cm³/mol. The summed E-state index contributed by atoms with van der Waals surface area (Å²) in [5.41, 5.74) is 0. The molecule has 0 bridgehead atoms. The number of rotatable bonds is 24. The van der Waals surface area contributed by atoms with Gasteiger partial charge in [-0.25, -0.2) is 0 Å². The Labute approximate surface area is 256 Å². The fourth-order valence-corrected chi connectivity index (χ4v) is 3.64. The standard InChI is InChI=1S/C33H45BO9/c1-4-19-35-22-25-38-28-7-13-31(14-8-28)41-34(42-32-15-9-29(10-16-32)39-26-23-36-20-5-2)43-33-17-11-30(12-18-33)40-27-24-37-21-6-3/h7-18H,4-6,19-27H2,1-3H3. The molecule has 0 saturated heterocycles. The highest BCUT2D eigenvalue weighted by Gasteiger charge is 2.30. The van der Waals surface area contributed by atoms with Crippen molar-refractivity contribution in [3.63, 3.8) is 0 Å². The van der Waals surface area contributed by atoms with Gasteiger partial charge in [0.25, 0.3) is 0 Å². The van der Waals surface area contributed by atoms with Crippen LogP contribution in [0.15, 0.2) is 72.8 Å². The SMILES string of the molecule is CCCOCCOc1ccc(OB(Oc2ccc(OCCOCCC)cc2)Oc2ccc(OCCOCCC)cc2)cc1. The molecule has 0 atom stereocenters. The number of hydrogen-bond acceptors (Lipinski definition) is 9. The normalized spacial score (nSPS) is 10.7. The van der Waals surface area contributed by atoms with E-state index in [-0.39, 0.29) is 0 Å². The molecule has 43 heavy (non-hydrogen) atoms. The van der Waals surface area contributed by atoms with Gasteiger partial charge in [0.15, 0.2) is 0 Å². The van der Waals surface area contributed by atoms with Crippen molar-refractivity contribution in [1.29, 1.82) is 0 Å². The number of ether oxygens (including phenoxy) is 6. The highest BCUT2D eigenvalue weighted by atomic mass is 16.7. The largest absolute Gasteiger partial charge is 0.864 e. The summed E-state index contributed by atoms with van der Waals surface area (Å²) < 4.78 is 51.9. The van der Waals surface area contributed by atoms with E-state index in [0.717, 1.165) is 56.3 Å². The average Bonchev–Trinajstić information content (AvgIpc) is 3.03. The summed E-state index contributed by atoms with van der Waals surface area (Å²) in [5.74, 6) is 3.82. The van der Waals surface area contributed by atoms with Gasteiger partial charge >= 0.3 is 7.32 Å². The Kier molecular flexibility index (Phi) is 16.7. The first-order chi connectivity index (χ1) is 21.2. The van der Waals surface area contributed by atoms with Crippen molar-refractivity contribution in [3.8, 4) is 34.5 Å². The van der Waals surface area contributed by atoms with Gasteiger partial charge in [-0.15, -0.1) is 0 Å². The second-order valence-corrected chi connectivity index (χ2v) is 9.44. The van der Waals surface area contributed by atoms with Crippen LogP contribution in [0, 0.1) is 0 Å². The highest BCUT2D eigenvalue weighted by Crippen LogP contribution is 2.24. The highest BCUT2D eigenvalue weighted by molar-refractivity contribution is 6.39. The lowest BCUT2D eigenvalue weighted by atomic mass is 10.2. The maximum Gasteiger partial charge on any atom is 0.864 e. The van der Waals surface area contributed by atoms with Gasteiger partial charge in [-0.1, -0.05) is 20.8 Å². The quantitative estimate of drug-likeness (QED) is 0.0837. The van der Waals surface area contributed by atoms with Crippen LogP contribution in [-0.4, -0.2) is 66.8 Å². The molecule has 234 valence electrons. The third-order valence-corrected chi connectivity index (χ3v) is 5.70. The summed E-state index contributed by atoms with van der Waals surface area (Å²) in [5, 5.41) is 0. The van der Waals surface area contributed by atoms with Gasteiger partial charge in [0, 0.05) is 19.8 Å². The Morgan fingerprint density at radius 1 is 0.349 bits per heavy atom. The van der Waals surface area contributed by atoms with E-state index in [0.29, 0.717) is 56.9 Å². The second kappa shape index (κ2) is 21.1. The van der Waals surface area contributed by atoms with Gasteiger partial charge in [-0.2, -0.15) is 0 Å². The fraction of sp³-hybridized carbons (Fsp3) is 0.455. The zero-order valence-electron chi connectivity index (χ0n) is 25.7. The van der Waals surface area contributed by atoms with Gasteiger partial charge in [0.05, 0.1) is 19.8 Å². The summed E-state index contributed by atoms with van der Waals surface area (Å²) in [7, 11) is -1.07. The molecule has 0 aliphatic rings. The van der Waals surface area contributed by atoms with Crippen LogP contribution in [0.3, 0.4) is 0 Å². The van der Waals surface area contributed by atoms with Gasteiger partial charge in [-0.05, 0) is 92.1 Å². The number of benzene rings is 3. The Bertz CT molecular complexity index is 953. The molecule has 0 fully saturated rings. The first kappa shape index (κ1) is 33.9. The zero-order valence-corrected chi connectivity index (χ0v) is 25.7. The zero-order chi connectivity index (χ0) is 30.4. The minimum absolute atomic E-state index is 0.478. The van der Waals surface area contributed by atoms with Gasteiger partial charge in [-0.3, -0.25) is 0 Å². The molecule has 0 heterocycles. The molecule has 0 N–H and O–H groups in total. The molecule has 3 rings (SSSR count). The van der Waals surface area contributed by atoms with Gasteiger partial charge in [0.2, 0.25) is 0 Å². The van der Waals surface area contributed by atoms with Gasteiger partial charge < -0.3 is 42.4 Å². The summed E-state index contributed by atoms with van der Waals surface area (Å²) in [6.07, 6.45) is 2.95. The maximum atomic E-state index is 6.08. The topological polar surface area (TPSA) is 83.1 Å². The summed E-state index contributed by atoms with van der Waals surface area (Å²) in [4.78, 5) is 0. The van der Waals surface area contributed by atoms with Crippen LogP contribution in [0.1, 0.15) is 40.0 Å². The van der Waals surface area contributed by atoms with Crippen molar-refractivity contribution in [2.45, 2.75) is 40.0 Å². The lowest BCUT2D eigenvalue weighted by Crippen LogP contribution is -2.36. The van der Waals surface area contributed by atoms with Crippen molar-refractivity contribution in [2.75, 3.05) is 59.5 Å². The van der Waals surface area contributed by atoms with E-state index < -0.39 is 7.32 Å². The molecule has 3 aromatic rings. The molecular weight excluding hydrogens is 551 g/mol. The van der Waals surface area contributed by atoms with E-state index in [1.54, 1.807) is 36.4 Å². The van der Waals surface area contributed by atoms with Gasteiger partial charge in [0.1, 0.15) is 54.3 Å². The minimum atomic E-state index is -1.07. The first-order valence-electron chi connectivity index (χ1n) is 15.1. The Morgan fingerprint density at radius 2 is 0.605 bits per heavy atom. The van der Waals surface area contributed by atoms with E-state index >= 15 is 0 Å². The van der Waals surface area contributed by atoms with Crippen molar-refractivity contribution >= 4 is 7.32 Å². The maximum absolute atomic E-state index is 6.08. The van der Waals surface area contributed by atoms with E-state index in [2.05, 4.69) is 20.8 Å². The van der Waals surface area contributed by atoms with Crippen LogP contribution in [0.2, 0.25) is 0 Å². The Morgan fingerprint density at radius 3 is 0.860 bits per heavy atom. The summed E-state index contributed by atoms with van der Waals surface area (Å²) in [6, 6.07) is 21.8. The average molecular weight is 597 g/mol. The second-order valence-electron chi connectivity index (χ2n) is 9.44. The van der Waals surface area contributed by atoms with Crippen molar-refractivity contribution < 1.29 is 42.4 Å². The molecule has 0 aliphatic carbocycles. The molecule has 0 spiro atoms. The molecule has 3 aromatic carbocycles. The molecule has 0 unspecified atom stereocenters. The molecule has 0 aromatic heterocycles. The molecule has 0 radical (unpaired) electrons. The van der Waals surface area contributed by atoms with Crippen LogP contribution in [0.5, 0.6) is 34.5 Å². The van der Waals surface area contributed by atoms with Crippen LogP contribution in [0.4, 0.5) is 0 Å². The Balaban J connectivity index is 1.59. The van der Waals surface area contributed by atoms with Crippen molar-refractivity contribution in [1.82, 2.24) is 0 Å². The molecule has 10 heteroatoms. The summed E-state index contributed by atoms with van der Waals surface area (Å²) >= 11 is 0. The van der Waals surface area contributed by atoms with E-state index in [1.807, 2.05) is 36.4 Å². The lowest BCUT2D eigenvalue weighted by Gasteiger charge is -2.17. The third-order valence-electron chi connectivity index (χ3n) is 5.70.